The summed E-state index contributed by atoms with van der Waals surface area (Å²) in [5, 5.41) is 3.05. The van der Waals surface area contributed by atoms with Gasteiger partial charge in [0.25, 0.3) is 5.91 Å². The largest absolute Gasteiger partial charge is 0.491 e. The Morgan fingerprint density at radius 1 is 1.24 bits per heavy atom. The Hall–Kier alpha value is -3.10. The van der Waals surface area contributed by atoms with Crippen LogP contribution in [0.3, 0.4) is 0 Å². The molecule has 0 fully saturated rings. The highest BCUT2D eigenvalue weighted by Crippen LogP contribution is 2.31. The smallest absolute Gasteiger partial charge is 0.254 e. The molecule has 2 aromatic carbocycles. The first-order chi connectivity index (χ1) is 16.0. The van der Waals surface area contributed by atoms with Crippen molar-refractivity contribution in [2.75, 3.05) is 38.2 Å². The lowest BCUT2D eigenvalue weighted by Gasteiger charge is -2.21. The Morgan fingerprint density at radius 2 is 2.06 bits per heavy atom. The van der Waals surface area contributed by atoms with Crippen LogP contribution in [0.25, 0.3) is 11.1 Å². The van der Waals surface area contributed by atoms with Crippen LogP contribution >= 0.6 is 11.8 Å². The molecule has 0 aliphatic carbocycles. The van der Waals surface area contributed by atoms with Crippen molar-refractivity contribution in [3.63, 3.8) is 0 Å². The van der Waals surface area contributed by atoms with Crippen molar-refractivity contribution < 1.29 is 13.9 Å². The number of nitrogens with two attached hydrogens (primary N) is 1. The van der Waals surface area contributed by atoms with E-state index in [-0.39, 0.29) is 11.7 Å². The van der Waals surface area contributed by atoms with E-state index < -0.39 is 0 Å². The van der Waals surface area contributed by atoms with Gasteiger partial charge in [0.1, 0.15) is 24.0 Å². The number of ether oxygens (including phenoxy) is 1. The van der Waals surface area contributed by atoms with Gasteiger partial charge in [-0.05, 0) is 61.5 Å². The van der Waals surface area contributed by atoms with Gasteiger partial charge >= 0.3 is 0 Å². The maximum absolute atomic E-state index is 15.0. The average molecular weight is 467 g/mol. The summed E-state index contributed by atoms with van der Waals surface area (Å²) < 4.78 is 20.8. The van der Waals surface area contributed by atoms with E-state index in [1.807, 2.05) is 31.3 Å². The van der Waals surface area contributed by atoms with Gasteiger partial charge in [-0.3, -0.25) is 4.79 Å². The third kappa shape index (κ3) is 5.12. The lowest BCUT2D eigenvalue weighted by molar-refractivity contribution is 0.0731. The highest BCUT2D eigenvalue weighted by Gasteiger charge is 2.24. The second-order valence-corrected chi connectivity index (χ2v) is 9.01. The van der Waals surface area contributed by atoms with Crippen LogP contribution in [0.2, 0.25) is 0 Å². The molecule has 0 saturated carbocycles. The number of amides is 1. The normalized spacial score (nSPS) is 13.2. The fourth-order valence-electron chi connectivity index (χ4n) is 3.76. The van der Waals surface area contributed by atoms with Crippen molar-refractivity contribution in [1.82, 2.24) is 15.2 Å². The molecule has 3 aromatic rings. The number of thioether (sulfide) groups is 1. The fraction of sp³-hybridized carbons (Fsp3) is 0.280. The Kier molecular flexibility index (Phi) is 7.15. The minimum absolute atomic E-state index is 0.200. The molecule has 1 amide bonds. The number of carbonyl (C=O) groups excluding carboxylic acids is 1. The molecule has 0 unspecified atom stereocenters. The summed E-state index contributed by atoms with van der Waals surface area (Å²) in [7, 11) is 1.86. The second kappa shape index (κ2) is 10.2. The molecule has 1 aliphatic rings. The third-order valence-corrected chi connectivity index (χ3v) is 6.67. The molecule has 1 aromatic heterocycles. The first kappa shape index (κ1) is 23.1. The number of nitrogens with zero attached hydrogens (tertiary/aromatic N) is 2. The molecule has 8 heteroatoms. The maximum Gasteiger partial charge on any atom is 0.254 e. The quantitative estimate of drug-likeness (QED) is 0.420. The summed E-state index contributed by atoms with van der Waals surface area (Å²) in [6.07, 6.45) is 1.72. The summed E-state index contributed by atoms with van der Waals surface area (Å²) in [4.78, 5) is 19.8. The molecule has 0 radical (unpaired) electrons. The van der Waals surface area contributed by atoms with Crippen molar-refractivity contribution >= 4 is 23.5 Å². The fourth-order valence-corrected chi connectivity index (χ4v) is 4.73. The van der Waals surface area contributed by atoms with Crippen molar-refractivity contribution in [2.45, 2.75) is 18.4 Å². The Balaban J connectivity index is 1.57. The topological polar surface area (TPSA) is 80.5 Å². The first-order valence-electron chi connectivity index (χ1n) is 10.8. The van der Waals surface area contributed by atoms with E-state index in [0.29, 0.717) is 41.5 Å². The summed E-state index contributed by atoms with van der Waals surface area (Å²) >= 11 is 1.44. The molecule has 0 atom stereocenters. The average Bonchev–Trinajstić information content (AvgIpc) is 3.04. The van der Waals surface area contributed by atoms with Gasteiger partial charge in [0.05, 0.1) is 6.54 Å². The van der Waals surface area contributed by atoms with Gasteiger partial charge in [0.15, 0.2) is 0 Å². The van der Waals surface area contributed by atoms with Gasteiger partial charge in [-0.1, -0.05) is 6.07 Å². The minimum Gasteiger partial charge on any atom is -0.491 e. The van der Waals surface area contributed by atoms with Gasteiger partial charge in [0.2, 0.25) is 0 Å². The first-order valence-corrected chi connectivity index (χ1v) is 11.8. The summed E-state index contributed by atoms with van der Waals surface area (Å²) in [5.74, 6) is 1.44. The zero-order chi connectivity index (χ0) is 23.4. The predicted molar refractivity (Wildman–Crippen MR) is 130 cm³/mol. The molecule has 4 rings (SSSR count). The number of carbonyl (C=O) groups is 1. The van der Waals surface area contributed by atoms with Crippen LogP contribution in [0, 0.1) is 12.7 Å². The number of hydrogen-bond donors (Lipinski definition) is 2. The molecule has 3 N–H and O–H groups in total. The van der Waals surface area contributed by atoms with Crippen molar-refractivity contribution in [3.8, 4) is 16.9 Å². The Morgan fingerprint density at radius 3 is 2.82 bits per heavy atom. The van der Waals surface area contributed by atoms with Crippen LogP contribution in [0.4, 0.5) is 10.2 Å². The summed E-state index contributed by atoms with van der Waals surface area (Å²) in [6, 6.07) is 13.0. The molecule has 172 valence electrons. The van der Waals surface area contributed by atoms with E-state index in [0.717, 1.165) is 34.7 Å². The number of aromatic nitrogens is 1. The highest BCUT2D eigenvalue weighted by atomic mass is 32.2. The van der Waals surface area contributed by atoms with Crippen LogP contribution in [-0.2, 0) is 6.54 Å². The lowest BCUT2D eigenvalue weighted by Crippen LogP contribution is -2.33. The minimum atomic E-state index is -0.327. The van der Waals surface area contributed by atoms with Crippen molar-refractivity contribution in [2.24, 2.45) is 0 Å². The van der Waals surface area contributed by atoms with E-state index >= 15 is 0 Å². The number of nitrogens with one attached hydrogen (secondary N) is 1. The molecular weight excluding hydrogens is 439 g/mol. The monoisotopic (exact) mass is 466 g/mol. The maximum atomic E-state index is 15.0. The zero-order valence-corrected chi connectivity index (χ0v) is 19.5. The van der Waals surface area contributed by atoms with E-state index in [1.54, 1.807) is 36.2 Å². The van der Waals surface area contributed by atoms with Crippen LogP contribution in [-0.4, -0.2) is 48.3 Å². The van der Waals surface area contributed by atoms with Crippen molar-refractivity contribution in [3.05, 3.63) is 71.2 Å². The molecule has 0 bridgehead atoms. The number of hydrogen-bond acceptors (Lipinski definition) is 6. The van der Waals surface area contributed by atoms with E-state index in [4.69, 9.17) is 10.5 Å². The van der Waals surface area contributed by atoms with Crippen LogP contribution in [0.15, 0.2) is 53.6 Å². The molecular formula is C25H27FN4O2S. The molecule has 33 heavy (non-hydrogen) atoms. The second-order valence-electron chi connectivity index (χ2n) is 7.87. The van der Waals surface area contributed by atoms with Gasteiger partial charge < -0.3 is 20.7 Å². The van der Waals surface area contributed by atoms with E-state index in [1.165, 1.54) is 11.8 Å². The summed E-state index contributed by atoms with van der Waals surface area (Å²) in [5.41, 5.74) is 9.25. The van der Waals surface area contributed by atoms with Gasteiger partial charge in [-0.15, -0.1) is 11.8 Å². The van der Waals surface area contributed by atoms with Gasteiger partial charge in [0, 0.05) is 46.6 Å². The molecule has 1 aliphatic heterocycles. The standard InChI is InChI=1S/C25H27FN4O2S/c1-16-20(5-7-22(24(16)26)33-12-9-28-2)25(31)30-10-11-32-21-6-3-17(13-19(21)15-30)18-4-8-23(27)29-14-18/h3-8,13-14,28H,9-12,15H2,1-2H3,(H2,27,29). The van der Waals surface area contributed by atoms with Crippen LogP contribution in [0.1, 0.15) is 21.5 Å². The number of halogens is 1. The number of rotatable bonds is 6. The predicted octanol–water partition coefficient (Wildman–Crippen LogP) is 4.12. The molecule has 2 heterocycles. The van der Waals surface area contributed by atoms with Crippen molar-refractivity contribution in [1.29, 1.82) is 0 Å². The number of fused-ring (bicyclic) bond motifs is 1. The molecule has 0 spiro atoms. The number of anilines is 1. The van der Waals surface area contributed by atoms with E-state index in [2.05, 4.69) is 10.3 Å². The van der Waals surface area contributed by atoms with Crippen LogP contribution in [0.5, 0.6) is 5.75 Å². The zero-order valence-electron chi connectivity index (χ0n) is 18.7. The number of pyridine rings is 1. The summed E-state index contributed by atoms with van der Waals surface area (Å²) in [6.45, 7) is 3.63. The Bertz CT molecular complexity index is 1150. The SMILES string of the molecule is CNCCSc1ccc(C(=O)N2CCOc3ccc(-c4ccc(N)nc4)cc3C2)c(C)c1F. The lowest BCUT2D eigenvalue weighted by atomic mass is 10.0. The number of nitrogen functional groups attached to an aromatic ring is 1. The van der Waals surface area contributed by atoms with Gasteiger partial charge in [-0.2, -0.15) is 0 Å². The number of benzene rings is 2. The van der Waals surface area contributed by atoms with Gasteiger partial charge in [-0.25, -0.2) is 9.37 Å². The van der Waals surface area contributed by atoms with Crippen LogP contribution < -0.4 is 15.8 Å². The molecule has 6 nitrogen and oxygen atoms in total. The molecule has 0 saturated heterocycles. The van der Waals surface area contributed by atoms with E-state index in [9.17, 15) is 9.18 Å². The Labute approximate surface area is 197 Å². The third-order valence-electron chi connectivity index (χ3n) is 5.64. The highest BCUT2D eigenvalue weighted by molar-refractivity contribution is 7.99.